The van der Waals surface area contributed by atoms with Crippen LogP contribution in [0.5, 0.6) is 11.5 Å². The standard InChI is InChI=1S/C24H30N2O7.ClH/c1-13(31-18(27)7-10-25)22(28)32-16-6-8-24(29)17-12-14-4-5-15(30-3)20-19(14)23(24,21(16)33-20)9-11-26(17)2;/h4-6,13,17,21,29H,7-12,25H2,1-3H3;1H/t13?,17-,21+,23+,24-;/m1./s1. The largest absolute Gasteiger partial charge is 0.493 e. The minimum absolute atomic E-state index is 0. The van der Waals surface area contributed by atoms with Gasteiger partial charge in [0.2, 0.25) is 0 Å². The van der Waals surface area contributed by atoms with E-state index in [2.05, 4.69) is 4.90 Å². The number of rotatable bonds is 6. The molecule has 9 nitrogen and oxygen atoms in total. The van der Waals surface area contributed by atoms with Gasteiger partial charge in [0.05, 0.1) is 24.5 Å². The highest BCUT2D eigenvalue weighted by molar-refractivity contribution is 5.85. The maximum absolute atomic E-state index is 12.8. The van der Waals surface area contributed by atoms with E-state index in [1.807, 2.05) is 19.2 Å². The molecule has 0 radical (unpaired) electrons. The molecule has 0 aromatic heterocycles. The van der Waals surface area contributed by atoms with Crippen LogP contribution in [0.15, 0.2) is 24.0 Å². The average molecular weight is 495 g/mol. The highest BCUT2D eigenvalue weighted by atomic mass is 35.5. The maximum Gasteiger partial charge on any atom is 0.352 e. The van der Waals surface area contributed by atoms with E-state index < -0.39 is 35.2 Å². The Morgan fingerprint density at radius 2 is 2.15 bits per heavy atom. The van der Waals surface area contributed by atoms with E-state index in [9.17, 15) is 14.7 Å². The second-order valence-corrected chi connectivity index (χ2v) is 9.38. The number of carbonyl (C=O) groups is 2. The zero-order valence-electron chi connectivity index (χ0n) is 19.5. The number of likely N-dealkylation sites (tertiary alicyclic amines) is 1. The van der Waals surface area contributed by atoms with Crippen LogP contribution in [-0.2, 0) is 30.9 Å². The maximum atomic E-state index is 12.8. The Morgan fingerprint density at radius 1 is 1.38 bits per heavy atom. The molecule has 3 N–H and O–H groups in total. The molecule has 2 aliphatic heterocycles. The summed E-state index contributed by atoms with van der Waals surface area (Å²) >= 11 is 0. The van der Waals surface area contributed by atoms with Gasteiger partial charge in [0.1, 0.15) is 5.76 Å². The Hall–Kier alpha value is -2.33. The molecular weight excluding hydrogens is 464 g/mol. The number of aliphatic hydroxyl groups is 1. The molecule has 34 heavy (non-hydrogen) atoms. The van der Waals surface area contributed by atoms with Crippen molar-refractivity contribution in [1.29, 1.82) is 0 Å². The first-order chi connectivity index (χ1) is 15.8. The van der Waals surface area contributed by atoms with Gasteiger partial charge in [0.25, 0.3) is 0 Å². The van der Waals surface area contributed by atoms with Crippen molar-refractivity contribution in [2.45, 2.75) is 61.9 Å². The minimum Gasteiger partial charge on any atom is -0.493 e. The number of halogens is 1. The van der Waals surface area contributed by atoms with E-state index in [-0.39, 0.29) is 31.4 Å². The van der Waals surface area contributed by atoms with Crippen molar-refractivity contribution in [3.8, 4) is 11.5 Å². The highest BCUT2D eigenvalue weighted by Gasteiger charge is 2.72. The highest BCUT2D eigenvalue weighted by Crippen LogP contribution is 2.65. The van der Waals surface area contributed by atoms with Crippen LogP contribution < -0.4 is 15.2 Å². The Bertz CT molecular complexity index is 1050. The van der Waals surface area contributed by atoms with Gasteiger partial charge < -0.3 is 34.7 Å². The lowest BCUT2D eigenvalue weighted by Crippen LogP contribution is -2.74. The van der Waals surface area contributed by atoms with Gasteiger partial charge >= 0.3 is 11.9 Å². The van der Waals surface area contributed by atoms with E-state index in [1.165, 1.54) is 6.92 Å². The minimum atomic E-state index is -1.09. The van der Waals surface area contributed by atoms with Crippen molar-refractivity contribution in [3.05, 3.63) is 35.1 Å². The lowest BCUT2D eigenvalue weighted by atomic mass is 9.50. The molecule has 2 bridgehead atoms. The summed E-state index contributed by atoms with van der Waals surface area (Å²) in [5.74, 6) is 0.276. The van der Waals surface area contributed by atoms with Crippen molar-refractivity contribution in [2.75, 3.05) is 27.2 Å². The van der Waals surface area contributed by atoms with Crippen LogP contribution in [0.3, 0.4) is 0 Å². The molecule has 1 aromatic carbocycles. The van der Waals surface area contributed by atoms with E-state index in [1.54, 1.807) is 13.2 Å². The predicted molar refractivity (Wildman–Crippen MR) is 124 cm³/mol. The molecule has 186 valence electrons. The van der Waals surface area contributed by atoms with Crippen LogP contribution in [0.2, 0.25) is 0 Å². The van der Waals surface area contributed by atoms with Crippen LogP contribution in [0.4, 0.5) is 0 Å². The molecular formula is C24H31ClN2O7. The molecule has 2 aliphatic carbocycles. The van der Waals surface area contributed by atoms with Gasteiger partial charge in [-0.3, -0.25) is 4.79 Å². The number of hydrogen-bond acceptors (Lipinski definition) is 9. The molecule has 1 fully saturated rings. The van der Waals surface area contributed by atoms with E-state index in [0.29, 0.717) is 36.5 Å². The van der Waals surface area contributed by atoms with Crippen molar-refractivity contribution < 1.29 is 33.6 Å². The van der Waals surface area contributed by atoms with Gasteiger partial charge in [-0.05, 0) is 51.1 Å². The number of nitrogens with zero attached hydrogens (tertiary/aromatic N) is 1. The Morgan fingerprint density at radius 3 is 2.85 bits per heavy atom. The number of ether oxygens (including phenoxy) is 4. The van der Waals surface area contributed by atoms with Gasteiger partial charge in [-0.15, -0.1) is 12.4 Å². The third-order valence-corrected chi connectivity index (χ3v) is 7.77. The Balaban J connectivity index is 0.00000274. The van der Waals surface area contributed by atoms with Crippen molar-refractivity contribution >= 4 is 24.3 Å². The monoisotopic (exact) mass is 494 g/mol. The van der Waals surface area contributed by atoms with Crippen LogP contribution in [0, 0.1) is 0 Å². The lowest BCUT2D eigenvalue weighted by molar-refractivity contribution is -0.175. The van der Waals surface area contributed by atoms with Crippen molar-refractivity contribution in [2.24, 2.45) is 5.73 Å². The number of likely N-dealkylation sites (N-methyl/N-ethyl adjacent to an activating group) is 1. The van der Waals surface area contributed by atoms with Crippen LogP contribution in [-0.4, -0.2) is 73.0 Å². The van der Waals surface area contributed by atoms with Crippen molar-refractivity contribution in [3.63, 3.8) is 0 Å². The third-order valence-electron chi connectivity index (χ3n) is 7.77. The van der Waals surface area contributed by atoms with E-state index in [0.717, 1.165) is 17.7 Å². The fourth-order valence-corrected chi connectivity index (χ4v) is 6.21. The normalized spacial score (nSPS) is 31.3. The number of nitrogens with two attached hydrogens (primary N) is 1. The molecule has 0 amide bonds. The molecule has 0 saturated carbocycles. The molecule has 4 aliphatic rings. The molecule has 10 heteroatoms. The number of benzene rings is 1. The second kappa shape index (κ2) is 8.71. The molecule has 2 heterocycles. The van der Waals surface area contributed by atoms with Gasteiger partial charge in [0.15, 0.2) is 23.7 Å². The summed E-state index contributed by atoms with van der Waals surface area (Å²) in [6.07, 6.45) is 1.66. The van der Waals surface area contributed by atoms with Gasteiger partial charge in [0, 0.05) is 24.6 Å². The number of methoxy groups -OCH3 is 1. The average Bonchev–Trinajstić information content (AvgIpc) is 3.13. The summed E-state index contributed by atoms with van der Waals surface area (Å²) < 4.78 is 22.9. The summed E-state index contributed by atoms with van der Waals surface area (Å²) in [7, 11) is 3.62. The van der Waals surface area contributed by atoms with Crippen LogP contribution in [0.25, 0.3) is 0 Å². The summed E-state index contributed by atoms with van der Waals surface area (Å²) in [6.45, 7) is 2.38. The second-order valence-electron chi connectivity index (χ2n) is 9.38. The summed E-state index contributed by atoms with van der Waals surface area (Å²) in [4.78, 5) is 26.7. The summed E-state index contributed by atoms with van der Waals surface area (Å²) in [5.41, 5.74) is 5.61. The molecule has 5 rings (SSSR count). The quantitative estimate of drug-likeness (QED) is 0.562. The first-order valence-corrected chi connectivity index (χ1v) is 11.4. The number of piperidine rings is 1. The topological polar surface area (TPSA) is 121 Å². The summed E-state index contributed by atoms with van der Waals surface area (Å²) in [5, 5.41) is 12.2. The third kappa shape index (κ3) is 3.25. The fourth-order valence-electron chi connectivity index (χ4n) is 6.21. The number of esters is 2. The molecule has 1 spiro atoms. The zero-order chi connectivity index (χ0) is 23.5. The summed E-state index contributed by atoms with van der Waals surface area (Å²) in [6, 6.07) is 3.84. The van der Waals surface area contributed by atoms with Gasteiger partial charge in [-0.25, -0.2) is 4.79 Å². The van der Waals surface area contributed by atoms with Gasteiger partial charge in [-0.2, -0.15) is 0 Å². The van der Waals surface area contributed by atoms with E-state index in [4.69, 9.17) is 24.7 Å². The molecule has 5 atom stereocenters. The predicted octanol–water partition coefficient (Wildman–Crippen LogP) is 1.22. The first-order valence-electron chi connectivity index (χ1n) is 11.4. The van der Waals surface area contributed by atoms with Crippen molar-refractivity contribution in [1.82, 2.24) is 4.90 Å². The first kappa shape index (κ1) is 24.8. The lowest BCUT2D eigenvalue weighted by Gasteiger charge is -2.61. The number of carbonyl (C=O) groups excluding carboxylic acids is 2. The Kier molecular flexibility index (Phi) is 6.35. The zero-order valence-corrected chi connectivity index (χ0v) is 20.4. The molecule has 1 unspecified atom stereocenters. The Labute approximate surface area is 204 Å². The van der Waals surface area contributed by atoms with Gasteiger partial charge in [-0.1, -0.05) is 6.07 Å². The number of hydrogen-bond donors (Lipinski definition) is 2. The van der Waals surface area contributed by atoms with E-state index >= 15 is 0 Å². The molecule has 1 saturated heterocycles. The smallest absolute Gasteiger partial charge is 0.352 e. The fraction of sp³-hybridized carbons (Fsp3) is 0.583. The van der Waals surface area contributed by atoms with Crippen LogP contribution >= 0.6 is 12.4 Å². The molecule has 1 aromatic rings. The SMILES string of the molecule is COc1ccc2c3c1O[C@H]1C(OC(=O)C(C)OC(=O)CCN)=CC[C@@]4(O)[C@@H](C2)N(C)CC[C@]314.Cl. The van der Waals surface area contributed by atoms with Crippen LogP contribution in [0.1, 0.15) is 37.3 Å².